The zero-order valence-corrected chi connectivity index (χ0v) is 12.7. The van der Waals surface area contributed by atoms with Gasteiger partial charge in [0, 0.05) is 32.3 Å². The molecule has 1 heterocycles. The number of hydrogen-bond acceptors (Lipinski definition) is 5. The SMILES string of the molecule is CCOC(=O)C(C)(CN1CCCOCC1)NC(C)C. The van der Waals surface area contributed by atoms with Gasteiger partial charge in [0.1, 0.15) is 5.54 Å². The molecular weight excluding hydrogens is 244 g/mol. The quantitative estimate of drug-likeness (QED) is 0.732. The van der Waals surface area contributed by atoms with Gasteiger partial charge in [0.25, 0.3) is 0 Å². The van der Waals surface area contributed by atoms with E-state index in [4.69, 9.17) is 9.47 Å². The predicted molar refractivity (Wildman–Crippen MR) is 75.2 cm³/mol. The summed E-state index contributed by atoms with van der Waals surface area (Å²) in [5.41, 5.74) is -0.658. The third-order valence-corrected chi connectivity index (χ3v) is 3.19. The van der Waals surface area contributed by atoms with Crippen LogP contribution in [0.25, 0.3) is 0 Å². The molecule has 0 aromatic rings. The van der Waals surface area contributed by atoms with E-state index >= 15 is 0 Å². The highest BCUT2D eigenvalue weighted by molar-refractivity contribution is 5.80. The van der Waals surface area contributed by atoms with Crippen molar-refractivity contribution in [1.82, 2.24) is 10.2 Å². The summed E-state index contributed by atoms with van der Waals surface area (Å²) in [6.45, 7) is 12.3. The van der Waals surface area contributed by atoms with Gasteiger partial charge in [-0.1, -0.05) is 0 Å². The van der Waals surface area contributed by atoms with Crippen molar-refractivity contribution in [2.45, 2.75) is 45.7 Å². The van der Waals surface area contributed by atoms with Crippen LogP contribution in [0.15, 0.2) is 0 Å². The van der Waals surface area contributed by atoms with Crippen molar-refractivity contribution in [2.24, 2.45) is 0 Å². The van der Waals surface area contributed by atoms with E-state index in [1.54, 1.807) is 0 Å². The number of carbonyl (C=O) groups excluding carboxylic acids is 1. The first-order valence-corrected chi connectivity index (χ1v) is 7.23. The molecule has 0 radical (unpaired) electrons. The van der Waals surface area contributed by atoms with Crippen LogP contribution in [0.5, 0.6) is 0 Å². The maximum Gasteiger partial charge on any atom is 0.327 e. The van der Waals surface area contributed by atoms with Gasteiger partial charge in [-0.3, -0.25) is 15.0 Å². The van der Waals surface area contributed by atoms with Crippen LogP contribution in [0.3, 0.4) is 0 Å². The average Bonchev–Trinajstić information content (AvgIpc) is 2.56. The number of carbonyl (C=O) groups is 1. The number of esters is 1. The Labute approximate surface area is 116 Å². The fraction of sp³-hybridized carbons (Fsp3) is 0.929. The molecule has 0 bridgehead atoms. The third kappa shape index (κ3) is 5.47. The van der Waals surface area contributed by atoms with Crippen molar-refractivity contribution in [3.63, 3.8) is 0 Å². The van der Waals surface area contributed by atoms with Crippen LogP contribution in [0.4, 0.5) is 0 Å². The Bertz CT molecular complexity index is 276. The minimum atomic E-state index is -0.658. The fourth-order valence-electron chi connectivity index (χ4n) is 2.50. The van der Waals surface area contributed by atoms with Crippen LogP contribution in [0.1, 0.15) is 34.1 Å². The molecule has 0 aliphatic carbocycles. The Hall–Kier alpha value is -0.650. The molecule has 1 aliphatic rings. The molecule has 0 amide bonds. The monoisotopic (exact) mass is 272 g/mol. The largest absolute Gasteiger partial charge is 0.465 e. The van der Waals surface area contributed by atoms with Crippen molar-refractivity contribution < 1.29 is 14.3 Å². The summed E-state index contributed by atoms with van der Waals surface area (Å²) in [6, 6.07) is 0.234. The van der Waals surface area contributed by atoms with E-state index < -0.39 is 5.54 Å². The van der Waals surface area contributed by atoms with Crippen LogP contribution >= 0.6 is 0 Å². The number of nitrogens with zero attached hydrogens (tertiary/aromatic N) is 1. The van der Waals surface area contributed by atoms with Crippen molar-refractivity contribution >= 4 is 5.97 Å². The highest BCUT2D eigenvalue weighted by Gasteiger charge is 2.37. The lowest BCUT2D eigenvalue weighted by molar-refractivity contribution is -0.151. The highest BCUT2D eigenvalue weighted by Crippen LogP contribution is 2.13. The summed E-state index contributed by atoms with van der Waals surface area (Å²) in [6.07, 6.45) is 1.01. The molecule has 19 heavy (non-hydrogen) atoms. The van der Waals surface area contributed by atoms with E-state index in [1.807, 2.05) is 27.7 Å². The van der Waals surface area contributed by atoms with Crippen molar-refractivity contribution in [1.29, 1.82) is 0 Å². The molecule has 5 nitrogen and oxygen atoms in total. The predicted octanol–water partition coefficient (Wildman–Crippen LogP) is 1.03. The molecule has 1 N–H and O–H groups in total. The molecule has 1 rings (SSSR count). The summed E-state index contributed by atoms with van der Waals surface area (Å²) in [7, 11) is 0. The summed E-state index contributed by atoms with van der Waals surface area (Å²) < 4.78 is 10.7. The van der Waals surface area contributed by atoms with Crippen LogP contribution in [0, 0.1) is 0 Å². The topological polar surface area (TPSA) is 50.8 Å². The summed E-state index contributed by atoms with van der Waals surface area (Å²) in [5, 5.41) is 3.35. The lowest BCUT2D eigenvalue weighted by Gasteiger charge is -2.35. The number of hydrogen-bond donors (Lipinski definition) is 1. The molecule has 1 fully saturated rings. The van der Waals surface area contributed by atoms with E-state index in [2.05, 4.69) is 10.2 Å². The average molecular weight is 272 g/mol. The van der Waals surface area contributed by atoms with E-state index in [0.717, 1.165) is 32.7 Å². The van der Waals surface area contributed by atoms with E-state index in [1.165, 1.54) is 0 Å². The smallest absolute Gasteiger partial charge is 0.327 e. The summed E-state index contributed by atoms with van der Waals surface area (Å²) >= 11 is 0. The van der Waals surface area contributed by atoms with Gasteiger partial charge in [-0.15, -0.1) is 0 Å². The fourth-order valence-corrected chi connectivity index (χ4v) is 2.50. The molecule has 1 unspecified atom stereocenters. The van der Waals surface area contributed by atoms with Crippen molar-refractivity contribution in [3.8, 4) is 0 Å². The Morgan fingerprint density at radius 2 is 2.16 bits per heavy atom. The summed E-state index contributed by atoms with van der Waals surface area (Å²) in [5.74, 6) is -0.172. The molecule has 0 aromatic heterocycles. The second kappa shape index (κ2) is 7.82. The van der Waals surface area contributed by atoms with Gasteiger partial charge in [-0.25, -0.2) is 0 Å². The number of nitrogens with one attached hydrogen (secondary N) is 1. The van der Waals surface area contributed by atoms with Gasteiger partial charge in [-0.05, 0) is 34.1 Å². The second-order valence-corrected chi connectivity index (χ2v) is 5.59. The zero-order valence-electron chi connectivity index (χ0n) is 12.7. The lowest BCUT2D eigenvalue weighted by Crippen LogP contribution is -2.59. The maximum absolute atomic E-state index is 12.2. The van der Waals surface area contributed by atoms with Gasteiger partial charge < -0.3 is 9.47 Å². The highest BCUT2D eigenvalue weighted by atomic mass is 16.5. The molecule has 112 valence electrons. The molecule has 1 atom stereocenters. The number of ether oxygens (including phenoxy) is 2. The van der Waals surface area contributed by atoms with Gasteiger partial charge in [0.05, 0.1) is 13.2 Å². The second-order valence-electron chi connectivity index (χ2n) is 5.59. The van der Waals surface area contributed by atoms with Crippen LogP contribution in [0.2, 0.25) is 0 Å². The molecule has 0 saturated carbocycles. The van der Waals surface area contributed by atoms with Crippen LogP contribution in [-0.2, 0) is 14.3 Å². The normalized spacial score (nSPS) is 20.9. The standard InChI is InChI=1S/C14H28N2O3/c1-5-19-13(17)14(4,15-12(2)3)11-16-7-6-9-18-10-8-16/h12,15H,5-11H2,1-4H3. The first kappa shape index (κ1) is 16.4. The molecule has 1 saturated heterocycles. The number of rotatable bonds is 6. The Balaban J connectivity index is 2.68. The minimum absolute atomic E-state index is 0.172. The minimum Gasteiger partial charge on any atom is -0.465 e. The summed E-state index contributed by atoms with van der Waals surface area (Å²) in [4.78, 5) is 14.5. The van der Waals surface area contributed by atoms with Gasteiger partial charge in [-0.2, -0.15) is 0 Å². The molecule has 5 heteroatoms. The van der Waals surface area contributed by atoms with E-state index in [-0.39, 0.29) is 12.0 Å². The van der Waals surface area contributed by atoms with E-state index in [9.17, 15) is 4.79 Å². The Morgan fingerprint density at radius 1 is 1.42 bits per heavy atom. The van der Waals surface area contributed by atoms with Crippen molar-refractivity contribution in [2.75, 3.05) is 39.5 Å². The zero-order chi connectivity index (χ0) is 14.3. The third-order valence-electron chi connectivity index (χ3n) is 3.19. The van der Waals surface area contributed by atoms with Gasteiger partial charge in [0.15, 0.2) is 0 Å². The Morgan fingerprint density at radius 3 is 2.79 bits per heavy atom. The molecule has 0 spiro atoms. The first-order chi connectivity index (χ1) is 8.98. The molecule has 1 aliphatic heterocycles. The Kier molecular flexibility index (Phi) is 6.75. The van der Waals surface area contributed by atoms with Gasteiger partial charge >= 0.3 is 5.97 Å². The van der Waals surface area contributed by atoms with Crippen molar-refractivity contribution in [3.05, 3.63) is 0 Å². The molecular formula is C14H28N2O3. The lowest BCUT2D eigenvalue weighted by atomic mass is 10.00. The first-order valence-electron chi connectivity index (χ1n) is 7.23. The van der Waals surface area contributed by atoms with Gasteiger partial charge in [0.2, 0.25) is 0 Å². The van der Waals surface area contributed by atoms with Crippen LogP contribution < -0.4 is 5.32 Å². The van der Waals surface area contributed by atoms with Crippen LogP contribution in [-0.4, -0.2) is 61.9 Å². The van der Waals surface area contributed by atoms with E-state index in [0.29, 0.717) is 13.2 Å². The maximum atomic E-state index is 12.2. The molecule has 0 aromatic carbocycles.